The Hall–Kier alpha value is -0.0900. The van der Waals surface area contributed by atoms with Crippen molar-refractivity contribution in [1.29, 1.82) is 0 Å². The predicted octanol–water partition coefficient (Wildman–Crippen LogP) is 3.08. The van der Waals surface area contributed by atoms with Crippen LogP contribution >= 0.6 is 0 Å². The molecule has 0 aromatic rings. The highest BCUT2D eigenvalue weighted by molar-refractivity contribution is 7.85. The largest absolute Gasteiger partial charge is 0.286 e. The molecule has 0 aliphatic rings. The zero-order chi connectivity index (χ0) is 11.9. The number of hydrogen-bond acceptors (Lipinski definition) is 2. The Morgan fingerprint density at radius 2 is 1.93 bits per heavy atom. The van der Waals surface area contributed by atoms with Crippen molar-refractivity contribution >= 4 is 10.1 Å². The van der Waals surface area contributed by atoms with E-state index in [9.17, 15) is 8.42 Å². The zero-order valence-corrected chi connectivity index (χ0v) is 10.8. The van der Waals surface area contributed by atoms with E-state index < -0.39 is 10.1 Å². The average Bonchev–Trinajstić information content (AvgIpc) is 2.13. The van der Waals surface area contributed by atoms with Crippen molar-refractivity contribution in [3.8, 4) is 0 Å². The molecule has 1 radical (unpaired) electrons. The summed E-state index contributed by atoms with van der Waals surface area (Å²) >= 11 is 0. The van der Waals surface area contributed by atoms with Gasteiger partial charge in [0, 0.05) is 0 Å². The molecule has 1 N–H and O–H groups in total. The van der Waals surface area contributed by atoms with Gasteiger partial charge in [-0.3, -0.25) is 4.55 Å². The first-order valence-electron chi connectivity index (χ1n) is 5.68. The van der Waals surface area contributed by atoms with Gasteiger partial charge in [-0.15, -0.1) is 0 Å². The summed E-state index contributed by atoms with van der Waals surface area (Å²) in [4.78, 5) is 0. The standard InChI is InChI=1S/C11H23O3S/c1-4-6-7-10(3)11(5-2)8-9-15(12,13)14/h11H,4-9H2,1-3H3,(H,12,13,14). The number of unbranched alkanes of at least 4 members (excludes halogenated alkanes) is 1. The predicted molar refractivity (Wildman–Crippen MR) is 63.3 cm³/mol. The Morgan fingerprint density at radius 3 is 2.33 bits per heavy atom. The summed E-state index contributed by atoms with van der Waals surface area (Å²) < 4.78 is 30.0. The summed E-state index contributed by atoms with van der Waals surface area (Å²) in [6.45, 7) is 6.30. The smallest absolute Gasteiger partial charge is 0.264 e. The molecule has 3 nitrogen and oxygen atoms in total. The SMILES string of the molecule is CCCC[C](C)C(CC)CCS(=O)(=O)O. The van der Waals surface area contributed by atoms with Crippen molar-refractivity contribution in [1.82, 2.24) is 0 Å². The van der Waals surface area contributed by atoms with Gasteiger partial charge in [-0.2, -0.15) is 8.42 Å². The van der Waals surface area contributed by atoms with Crippen molar-refractivity contribution in [3.63, 3.8) is 0 Å². The van der Waals surface area contributed by atoms with E-state index in [1.165, 1.54) is 5.92 Å². The minimum Gasteiger partial charge on any atom is -0.286 e. The van der Waals surface area contributed by atoms with E-state index in [-0.39, 0.29) is 5.75 Å². The van der Waals surface area contributed by atoms with Gasteiger partial charge in [-0.05, 0) is 24.7 Å². The highest BCUT2D eigenvalue weighted by Crippen LogP contribution is 2.26. The van der Waals surface area contributed by atoms with Crippen molar-refractivity contribution in [2.75, 3.05) is 5.75 Å². The minimum absolute atomic E-state index is 0.116. The van der Waals surface area contributed by atoms with Gasteiger partial charge in [0.05, 0.1) is 5.75 Å². The Kier molecular flexibility index (Phi) is 7.18. The fourth-order valence-corrected chi connectivity index (χ4v) is 2.33. The van der Waals surface area contributed by atoms with Crippen LogP contribution in [0.5, 0.6) is 0 Å². The van der Waals surface area contributed by atoms with Crippen molar-refractivity contribution in [2.45, 2.75) is 52.9 Å². The number of hydrogen-bond donors (Lipinski definition) is 1. The Balaban J connectivity index is 4.01. The van der Waals surface area contributed by atoms with Gasteiger partial charge in [-0.25, -0.2) is 0 Å². The van der Waals surface area contributed by atoms with Gasteiger partial charge < -0.3 is 0 Å². The molecule has 0 aromatic heterocycles. The second-order valence-electron chi connectivity index (χ2n) is 4.13. The molecule has 0 aliphatic heterocycles. The molecule has 0 fully saturated rings. The van der Waals surface area contributed by atoms with Crippen molar-refractivity contribution in [2.24, 2.45) is 5.92 Å². The lowest BCUT2D eigenvalue weighted by atomic mass is 9.86. The maximum Gasteiger partial charge on any atom is 0.264 e. The van der Waals surface area contributed by atoms with Crippen LogP contribution in [0.1, 0.15) is 52.9 Å². The van der Waals surface area contributed by atoms with E-state index in [1.807, 2.05) is 0 Å². The van der Waals surface area contributed by atoms with Gasteiger partial charge in [0.2, 0.25) is 0 Å². The summed E-state index contributed by atoms with van der Waals surface area (Å²) in [5.41, 5.74) is 0. The number of rotatable bonds is 8. The van der Waals surface area contributed by atoms with Gasteiger partial charge in [-0.1, -0.05) is 40.0 Å². The Bertz CT molecular complexity index is 247. The summed E-state index contributed by atoms with van der Waals surface area (Å²) in [7, 11) is -3.80. The third-order valence-corrected chi connectivity index (χ3v) is 3.59. The molecule has 0 amide bonds. The van der Waals surface area contributed by atoms with Crippen LogP contribution in [0.2, 0.25) is 0 Å². The van der Waals surface area contributed by atoms with Gasteiger partial charge >= 0.3 is 0 Å². The van der Waals surface area contributed by atoms with E-state index in [2.05, 4.69) is 20.8 Å². The summed E-state index contributed by atoms with van der Waals surface area (Å²) in [5, 5.41) is 0. The zero-order valence-electron chi connectivity index (χ0n) is 9.99. The first kappa shape index (κ1) is 14.9. The van der Waals surface area contributed by atoms with Crippen LogP contribution in [0.3, 0.4) is 0 Å². The molecule has 0 aliphatic carbocycles. The lowest BCUT2D eigenvalue weighted by Crippen LogP contribution is -2.14. The van der Waals surface area contributed by atoms with Gasteiger partial charge in [0.15, 0.2) is 0 Å². The molecule has 1 unspecified atom stereocenters. The minimum atomic E-state index is -3.80. The van der Waals surface area contributed by atoms with E-state index in [4.69, 9.17) is 4.55 Å². The summed E-state index contributed by atoms with van der Waals surface area (Å²) in [6, 6.07) is 0. The fourth-order valence-electron chi connectivity index (χ4n) is 1.75. The van der Waals surface area contributed by atoms with Crippen LogP contribution in [-0.4, -0.2) is 18.7 Å². The topological polar surface area (TPSA) is 54.4 Å². The fraction of sp³-hybridized carbons (Fsp3) is 0.909. The highest BCUT2D eigenvalue weighted by Gasteiger charge is 2.18. The molecule has 4 heteroatoms. The van der Waals surface area contributed by atoms with Crippen molar-refractivity contribution in [3.05, 3.63) is 5.92 Å². The quantitative estimate of drug-likeness (QED) is 0.658. The maximum absolute atomic E-state index is 10.6. The molecule has 1 atom stereocenters. The molecule has 0 saturated heterocycles. The normalized spacial score (nSPS) is 14.5. The molecule has 0 rings (SSSR count). The van der Waals surface area contributed by atoms with E-state index >= 15 is 0 Å². The van der Waals surface area contributed by atoms with Crippen LogP contribution in [0.15, 0.2) is 0 Å². The first-order chi connectivity index (χ1) is 6.90. The van der Waals surface area contributed by atoms with Crippen LogP contribution in [-0.2, 0) is 10.1 Å². The van der Waals surface area contributed by atoms with E-state index in [0.717, 1.165) is 25.7 Å². The van der Waals surface area contributed by atoms with Crippen molar-refractivity contribution < 1.29 is 13.0 Å². The van der Waals surface area contributed by atoms with E-state index in [0.29, 0.717) is 12.3 Å². The van der Waals surface area contributed by atoms with Crippen LogP contribution in [0.25, 0.3) is 0 Å². The third kappa shape index (κ3) is 7.79. The lowest BCUT2D eigenvalue weighted by molar-refractivity contribution is 0.447. The Labute approximate surface area is 94.0 Å². The van der Waals surface area contributed by atoms with Crippen LogP contribution in [0.4, 0.5) is 0 Å². The van der Waals surface area contributed by atoms with Gasteiger partial charge in [0.25, 0.3) is 10.1 Å². The molecule has 91 valence electrons. The molecule has 0 bridgehead atoms. The van der Waals surface area contributed by atoms with Crippen LogP contribution in [0, 0.1) is 11.8 Å². The van der Waals surface area contributed by atoms with E-state index in [1.54, 1.807) is 0 Å². The molecule has 0 saturated carbocycles. The average molecular weight is 235 g/mol. The Morgan fingerprint density at radius 1 is 1.33 bits per heavy atom. The molecule has 0 spiro atoms. The molecule has 0 heterocycles. The first-order valence-corrected chi connectivity index (χ1v) is 7.29. The second kappa shape index (κ2) is 7.23. The molecular weight excluding hydrogens is 212 g/mol. The summed E-state index contributed by atoms with van der Waals surface area (Å²) in [5.74, 6) is 1.58. The third-order valence-electron chi connectivity index (χ3n) is 2.84. The molecule has 15 heavy (non-hydrogen) atoms. The monoisotopic (exact) mass is 235 g/mol. The highest BCUT2D eigenvalue weighted by atomic mass is 32.2. The molecular formula is C11H23O3S. The maximum atomic E-state index is 10.6. The second-order valence-corrected chi connectivity index (χ2v) is 5.70. The van der Waals surface area contributed by atoms with Gasteiger partial charge in [0.1, 0.15) is 0 Å². The lowest BCUT2D eigenvalue weighted by Gasteiger charge is -2.21. The summed E-state index contributed by atoms with van der Waals surface area (Å²) in [6.07, 6.45) is 4.89. The molecule has 0 aromatic carbocycles. The van der Waals surface area contributed by atoms with Crippen LogP contribution < -0.4 is 0 Å².